The van der Waals surface area contributed by atoms with Crippen LogP contribution in [0.4, 0.5) is 0 Å². The minimum atomic E-state index is -0.847. The number of carboxylic acid groups (broad SMARTS) is 1. The van der Waals surface area contributed by atoms with Crippen molar-refractivity contribution in [3.8, 4) is 0 Å². The quantitative estimate of drug-likeness (QED) is 0.887. The number of aryl methyl sites for hydroxylation is 1. The lowest BCUT2D eigenvalue weighted by Crippen LogP contribution is -2.02. The number of pyridine rings is 1. The lowest BCUT2D eigenvalue weighted by Gasteiger charge is -2.01. The van der Waals surface area contributed by atoms with Crippen molar-refractivity contribution in [1.82, 2.24) is 9.38 Å². The monoisotopic (exact) mass is 302 g/mol. The second-order valence-electron chi connectivity index (χ2n) is 3.28. The average Bonchev–Trinajstić information content (AvgIpc) is 2.55. The molecular weight excluding hydrogens is 295 g/mol. The molecule has 1 N–H and O–H groups in total. The smallest absolute Gasteiger partial charge is 0.303 e. The van der Waals surface area contributed by atoms with E-state index in [-0.39, 0.29) is 6.42 Å². The summed E-state index contributed by atoms with van der Waals surface area (Å²) in [4.78, 5) is 14.7. The Balaban J connectivity index is 2.49. The summed E-state index contributed by atoms with van der Waals surface area (Å²) in [5.74, 6) is -0.199. The van der Waals surface area contributed by atoms with E-state index in [4.69, 9.17) is 16.7 Å². The van der Waals surface area contributed by atoms with Crippen LogP contribution in [0.15, 0.2) is 22.8 Å². The number of rotatable bonds is 3. The molecule has 0 radical (unpaired) electrons. The zero-order valence-corrected chi connectivity index (χ0v) is 10.5. The van der Waals surface area contributed by atoms with Crippen LogP contribution in [-0.4, -0.2) is 20.5 Å². The maximum atomic E-state index is 10.5. The summed E-state index contributed by atoms with van der Waals surface area (Å²) >= 11 is 9.35. The van der Waals surface area contributed by atoms with Gasteiger partial charge < -0.3 is 5.11 Å². The molecule has 0 bridgehead atoms. The van der Waals surface area contributed by atoms with Crippen molar-refractivity contribution in [1.29, 1.82) is 0 Å². The van der Waals surface area contributed by atoms with Gasteiger partial charge in [-0.15, -0.1) is 0 Å². The normalized spacial score (nSPS) is 10.9. The molecule has 0 unspecified atom stereocenters. The van der Waals surface area contributed by atoms with Crippen molar-refractivity contribution in [3.63, 3.8) is 0 Å². The second kappa shape index (κ2) is 4.43. The van der Waals surface area contributed by atoms with Crippen LogP contribution in [0.2, 0.25) is 5.15 Å². The van der Waals surface area contributed by atoms with Gasteiger partial charge in [-0.3, -0.25) is 9.20 Å². The highest BCUT2D eigenvalue weighted by Gasteiger charge is 2.12. The lowest BCUT2D eigenvalue weighted by atomic mass is 10.3. The molecule has 0 saturated heterocycles. The molecule has 0 amide bonds. The van der Waals surface area contributed by atoms with Crippen LogP contribution >= 0.6 is 27.5 Å². The number of carbonyl (C=O) groups is 1. The summed E-state index contributed by atoms with van der Waals surface area (Å²) in [6.45, 7) is 0. The Kier molecular flexibility index (Phi) is 3.16. The van der Waals surface area contributed by atoms with Crippen molar-refractivity contribution in [2.75, 3.05) is 0 Å². The van der Waals surface area contributed by atoms with Gasteiger partial charge in [0.1, 0.15) is 5.82 Å². The molecule has 16 heavy (non-hydrogen) atoms. The highest BCUT2D eigenvalue weighted by Crippen LogP contribution is 2.23. The van der Waals surface area contributed by atoms with E-state index < -0.39 is 5.97 Å². The van der Waals surface area contributed by atoms with Crippen LogP contribution in [0.25, 0.3) is 5.52 Å². The van der Waals surface area contributed by atoms with Crippen LogP contribution < -0.4 is 0 Å². The molecule has 0 aromatic carbocycles. The zero-order chi connectivity index (χ0) is 11.7. The molecule has 0 aliphatic rings. The third kappa shape index (κ3) is 2.05. The van der Waals surface area contributed by atoms with Gasteiger partial charge in [-0.2, -0.15) is 0 Å². The van der Waals surface area contributed by atoms with Gasteiger partial charge in [0.15, 0.2) is 5.15 Å². The lowest BCUT2D eigenvalue weighted by molar-refractivity contribution is -0.137. The molecule has 2 aromatic heterocycles. The predicted octanol–water partition coefficient (Wildman–Crippen LogP) is 2.77. The number of hydrogen-bond donors (Lipinski definition) is 1. The highest BCUT2D eigenvalue weighted by molar-refractivity contribution is 9.10. The maximum absolute atomic E-state index is 10.5. The first-order chi connectivity index (χ1) is 7.59. The van der Waals surface area contributed by atoms with E-state index >= 15 is 0 Å². The zero-order valence-electron chi connectivity index (χ0n) is 8.15. The average molecular weight is 304 g/mol. The molecule has 0 aliphatic heterocycles. The summed E-state index contributed by atoms with van der Waals surface area (Å²) in [6.07, 6.45) is 0.391. The molecule has 0 saturated carbocycles. The van der Waals surface area contributed by atoms with E-state index in [1.54, 1.807) is 0 Å². The molecule has 4 nitrogen and oxygen atoms in total. The molecule has 0 atom stereocenters. The number of aromatic nitrogens is 2. The van der Waals surface area contributed by atoms with Crippen molar-refractivity contribution in [3.05, 3.63) is 33.8 Å². The van der Waals surface area contributed by atoms with E-state index in [9.17, 15) is 4.79 Å². The first-order valence-electron chi connectivity index (χ1n) is 4.62. The van der Waals surface area contributed by atoms with Gasteiger partial charge in [-0.1, -0.05) is 17.7 Å². The minimum absolute atomic E-state index is 0.0385. The van der Waals surface area contributed by atoms with Gasteiger partial charge in [0.25, 0.3) is 0 Å². The first kappa shape index (κ1) is 11.4. The van der Waals surface area contributed by atoms with Gasteiger partial charge in [0.2, 0.25) is 0 Å². The number of fused-ring (bicyclic) bond motifs is 1. The molecule has 2 rings (SSSR count). The molecule has 0 aliphatic carbocycles. The number of imidazole rings is 1. The highest BCUT2D eigenvalue weighted by atomic mass is 79.9. The maximum Gasteiger partial charge on any atom is 0.303 e. The fourth-order valence-electron chi connectivity index (χ4n) is 1.51. The third-order valence-corrected chi connectivity index (χ3v) is 3.10. The second-order valence-corrected chi connectivity index (χ2v) is 4.45. The summed E-state index contributed by atoms with van der Waals surface area (Å²) < 4.78 is 2.62. The van der Waals surface area contributed by atoms with Crippen LogP contribution in [0.1, 0.15) is 12.2 Å². The Morgan fingerprint density at radius 3 is 3.00 bits per heavy atom. The minimum Gasteiger partial charge on any atom is -0.481 e. The number of halogens is 2. The van der Waals surface area contributed by atoms with E-state index in [2.05, 4.69) is 20.9 Å². The number of hydrogen-bond acceptors (Lipinski definition) is 2. The SMILES string of the molecule is O=C(O)CCc1nc(Cl)c2cccc(Br)n12. The molecular formula is C10H8BrClN2O2. The summed E-state index contributed by atoms with van der Waals surface area (Å²) in [5, 5.41) is 9.03. The van der Waals surface area contributed by atoms with Gasteiger partial charge in [0.05, 0.1) is 16.5 Å². The van der Waals surface area contributed by atoms with Crippen LogP contribution in [0, 0.1) is 0 Å². The van der Waals surface area contributed by atoms with Crippen molar-refractivity contribution < 1.29 is 9.90 Å². The Hall–Kier alpha value is -1.07. The molecule has 84 valence electrons. The number of nitrogens with zero attached hydrogens (tertiary/aromatic N) is 2. The Labute approximate surface area is 105 Å². The molecule has 6 heteroatoms. The van der Waals surface area contributed by atoms with Crippen LogP contribution in [0.3, 0.4) is 0 Å². The van der Waals surface area contributed by atoms with E-state index in [1.807, 2.05) is 22.6 Å². The Morgan fingerprint density at radius 1 is 1.56 bits per heavy atom. The van der Waals surface area contributed by atoms with Gasteiger partial charge in [0, 0.05) is 6.42 Å². The number of aliphatic carboxylic acids is 1. The molecule has 2 aromatic rings. The van der Waals surface area contributed by atoms with E-state index in [0.717, 1.165) is 10.1 Å². The summed E-state index contributed by atoms with van der Waals surface area (Å²) in [7, 11) is 0. The fraction of sp³-hybridized carbons (Fsp3) is 0.200. The topological polar surface area (TPSA) is 54.6 Å². The van der Waals surface area contributed by atoms with Crippen LogP contribution in [-0.2, 0) is 11.2 Å². The fourth-order valence-corrected chi connectivity index (χ4v) is 2.31. The van der Waals surface area contributed by atoms with Gasteiger partial charge in [-0.25, -0.2) is 4.98 Å². The van der Waals surface area contributed by atoms with Crippen molar-refractivity contribution in [2.45, 2.75) is 12.8 Å². The number of carboxylic acids is 1. The first-order valence-corrected chi connectivity index (χ1v) is 5.80. The third-order valence-electron chi connectivity index (χ3n) is 2.20. The van der Waals surface area contributed by atoms with Crippen molar-refractivity contribution in [2.24, 2.45) is 0 Å². The van der Waals surface area contributed by atoms with E-state index in [0.29, 0.717) is 17.4 Å². The summed E-state index contributed by atoms with van der Waals surface area (Å²) in [6, 6.07) is 5.55. The molecule has 0 spiro atoms. The molecule has 2 heterocycles. The Bertz CT molecular complexity index is 553. The van der Waals surface area contributed by atoms with E-state index in [1.165, 1.54) is 0 Å². The van der Waals surface area contributed by atoms with Gasteiger partial charge in [-0.05, 0) is 28.1 Å². The van der Waals surface area contributed by atoms with Gasteiger partial charge >= 0.3 is 5.97 Å². The Morgan fingerprint density at radius 2 is 2.31 bits per heavy atom. The summed E-state index contributed by atoms with van der Waals surface area (Å²) in [5.41, 5.74) is 0.774. The van der Waals surface area contributed by atoms with Crippen molar-refractivity contribution >= 4 is 39.0 Å². The predicted molar refractivity (Wildman–Crippen MR) is 63.9 cm³/mol. The molecule has 0 fully saturated rings. The van der Waals surface area contributed by atoms with Crippen LogP contribution in [0.5, 0.6) is 0 Å². The largest absolute Gasteiger partial charge is 0.481 e. The standard InChI is InChI=1S/C10H8BrClN2O2/c11-7-3-1-2-6-10(12)13-8(14(6)7)4-5-9(15)16/h1-3H,4-5H2,(H,15,16).